The van der Waals surface area contributed by atoms with Crippen molar-refractivity contribution in [1.29, 1.82) is 0 Å². The Kier molecular flexibility index (Phi) is 4.27. The minimum absolute atomic E-state index is 0.469. The summed E-state index contributed by atoms with van der Waals surface area (Å²) < 4.78 is 5.24. The number of nitrogens with zero attached hydrogens (tertiary/aromatic N) is 4. The summed E-state index contributed by atoms with van der Waals surface area (Å²) in [6.45, 7) is 6.42. The molecule has 18 heavy (non-hydrogen) atoms. The third-order valence-corrected chi connectivity index (χ3v) is 3.50. The molecule has 2 aromatic rings. The number of hydrogen-bond acceptors (Lipinski definition) is 7. The van der Waals surface area contributed by atoms with Crippen LogP contribution in [0.3, 0.4) is 0 Å². The van der Waals surface area contributed by atoms with E-state index in [0.29, 0.717) is 18.4 Å². The second kappa shape index (κ2) is 5.92. The van der Waals surface area contributed by atoms with Crippen LogP contribution in [0.5, 0.6) is 0 Å². The van der Waals surface area contributed by atoms with Gasteiger partial charge >= 0.3 is 0 Å². The Hall–Kier alpha value is -1.47. The Bertz CT molecular complexity index is 491. The van der Waals surface area contributed by atoms with Crippen LogP contribution in [0.2, 0.25) is 0 Å². The maximum atomic E-state index is 5.50. The van der Waals surface area contributed by atoms with Crippen molar-refractivity contribution in [3.05, 3.63) is 10.4 Å². The number of rotatable bonds is 6. The Balaban J connectivity index is 2.17. The molecule has 7 heteroatoms. The highest BCUT2D eigenvalue weighted by Crippen LogP contribution is 2.22. The van der Waals surface area contributed by atoms with Gasteiger partial charge in [0, 0.05) is 24.9 Å². The van der Waals surface area contributed by atoms with Gasteiger partial charge in [0.15, 0.2) is 0 Å². The molecule has 0 unspecified atom stereocenters. The minimum atomic E-state index is 0.469. The third-order valence-electron chi connectivity index (χ3n) is 2.59. The maximum absolute atomic E-state index is 5.50. The lowest BCUT2D eigenvalue weighted by Gasteiger charge is -2.14. The summed E-state index contributed by atoms with van der Waals surface area (Å²) in [5, 5.41) is 6.89. The van der Waals surface area contributed by atoms with E-state index in [1.54, 1.807) is 11.3 Å². The number of hydrogen-bond donors (Lipinski definition) is 1. The lowest BCUT2D eigenvalue weighted by atomic mass is 10.4. The Morgan fingerprint density at radius 1 is 1.33 bits per heavy atom. The molecule has 0 aliphatic heterocycles. The summed E-state index contributed by atoms with van der Waals surface area (Å²) in [4.78, 5) is 10.8. The molecule has 0 aromatic carbocycles. The zero-order valence-electron chi connectivity index (χ0n) is 10.6. The van der Waals surface area contributed by atoms with E-state index >= 15 is 0 Å². The zero-order chi connectivity index (χ0) is 13.0. The predicted molar refractivity (Wildman–Crippen MR) is 71.7 cm³/mol. The van der Waals surface area contributed by atoms with Crippen molar-refractivity contribution in [3.63, 3.8) is 0 Å². The normalized spacial score (nSPS) is 10.8. The Morgan fingerprint density at radius 2 is 2.11 bits per heavy atom. The van der Waals surface area contributed by atoms with Gasteiger partial charge in [-0.3, -0.25) is 0 Å². The van der Waals surface area contributed by atoms with E-state index in [0.717, 1.165) is 30.2 Å². The molecule has 6 nitrogen and oxygen atoms in total. The summed E-state index contributed by atoms with van der Waals surface area (Å²) in [5.74, 6) is 1.08. The lowest BCUT2D eigenvalue weighted by molar-refractivity contribution is 0.428. The summed E-state index contributed by atoms with van der Waals surface area (Å²) in [6.07, 6.45) is 0.779. The van der Waals surface area contributed by atoms with Gasteiger partial charge in [-0.25, -0.2) is 4.98 Å². The van der Waals surface area contributed by atoms with E-state index in [1.807, 2.05) is 10.3 Å². The van der Waals surface area contributed by atoms with Gasteiger partial charge in [-0.1, -0.05) is 0 Å². The van der Waals surface area contributed by atoms with Crippen LogP contribution in [0.1, 0.15) is 18.9 Å². The van der Waals surface area contributed by atoms with Crippen molar-refractivity contribution >= 4 is 17.3 Å². The van der Waals surface area contributed by atoms with E-state index in [1.165, 1.54) is 0 Å². The fraction of sp³-hybridized carbons (Fsp3) is 0.545. The SMILES string of the molecule is CCN(CC)c1noc(-c2csc(CCN)n2)n1. The number of thiazole rings is 1. The number of nitrogens with two attached hydrogens (primary N) is 1. The number of anilines is 1. The first-order chi connectivity index (χ1) is 8.78. The molecule has 0 spiro atoms. The van der Waals surface area contributed by atoms with Crippen molar-refractivity contribution in [3.8, 4) is 11.6 Å². The molecule has 0 bridgehead atoms. The predicted octanol–water partition coefficient (Wildman–Crippen LogP) is 1.54. The van der Waals surface area contributed by atoms with Crippen molar-refractivity contribution in [2.45, 2.75) is 20.3 Å². The summed E-state index contributed by atoms with van der Waals surface area (Å²) >= 11 is 1.57. The molecule has 2 aromatic heterocycles. The van der Waals surface area contributed by atoms with Crippen molar-refractivity contribution in [2.75, 3.05) is 24.5 Å². The quantitative estimate of drug-likeness (QED) is 0.855. The molecule has 2 heterocycles. The van der Waals surface area contributed by atoms with Crippen molar-refractivity contribution < 1.29 is 4.52 Å². The van der Waals surface area contributed by atoms with Gasteiger partial charge in [-0.2, -0.15) is 4.98 Å². The minimum Gasteiger partial charge on any atom is -0.339 e. The van der Waals surface area contributed by atoms with Crippen molar-refractivity contribution in [1.82, 2.24) is 15.1 Å². The summed E-state index contributed by atoms with van der Waals surface area (Å²) in [7, 11) is 0. The lowest BCUT2D eigenvalue weighted by Crippen LogP contribution is -2.22. The van der Waals surface area contributed by atoms with E-state index < -0.39 is 0 Å². The zero-order valence-corrected chi connectivity index (χ0v) is 11.4. The molecule has 0 aliphatic carbocycles. The summed E-state index contributed by atoms with van der Waals surface area (Å²) in [5.41, 5.74) is 6.23. The van der Waals surface area contributed by atoms with Gasteiger partial charge < -0.3 is 15.2 Å². The third kappa shape index (κ3) is 2.68. The Morgan fingerprint density at radius 3 is 2.78 bits per heavy atom. The van der Waals surface area contributed by atoms with Crippen LogP contribution >= 0.6 is 11.3 Å². The molecule has 0 amide bonds. The average molecular weight is 267 g/mol. The number of aromatic nitrogens is 3. The first kappa shape index (κ1) is 13.0. The van der Waals surface area contributed by atoms with Gasteiger partial charge in [-0.15, -0.1) is 11.3 Å². The van der Waals surface area contributed by atoms with Crippen LogP contribution in [-0.2, 0) is 6.42 Å². The fourth-order valence-electron chi connectivity index (χ4n) is 1.60. The van der Waals surface area contributed by atoms with Crippen LogP contribution in [0.4, 0.5) is 5.95 Å². The molecular formula is C11H17N5OS. The van der Waals surface area contributed by atoms with E-state index in [-0.39, 0.29) is 0 Å². The maximum Gasteiger partial charge on any atom is 0.278 e. The second-order valence-electron chi connectivity index (χ2n) is 3.74. The van der Waals surface area contributed by atoms with E-state index in [4.69, 9.17) is 10.3 Å². The molecule has 0 saturated carbocycles. The van der Waals surface area contributed by atoms with Gasteiger partial charge in [0.1, 0.15) is 5.69 Å². The van der Waals surface area contributed by atoms with Crippen LogP contribution in [0, 0.1) is 0 Å². The van der Waals surface area contributed by atoms with Crippen LogP contribution in [-0.4, -0.2) is 34.8 Å². The fourth-order valence-corrected chi connectivity index (χ4v) is 2.39. The van der Waals surface area contributed by atoms with Crippen LogP contribution in [0.15, 0.2) is 9.90 Å². The highest BCUT2D eigenvalue weighted by molar-refractivity contribution is 7.09. The van der Waals surface area contributed by atoms with Gasteiger partial charge in [-0.05, 0) is 25.5 Å². The molecular weight excluding hydrogens is 250 g/mol. The monoisotopic (exact) mass is 267 g/mol. The first-order valence-corrected chi connectivity index (χ1v) is 6.89. The Labute approximate surface area is 110 Å². The standard InChI is InChI=1S/C11H17N5OS/c1-3-16(4-2)11-14-10(17-15-11)8-7-18-9(13-8)5-6-12/h7H,3-6,12H2,1-2H3. The van der Waals surface area contributed by atoms with E-state index in [2.05, 4.69) is 29.0 Å². The summed E-state index contributed by atoms with van der Waals surface area (Å²) in [6, 6.07) is 0. The molecule has 98 valence electrons. The first-order valence-electron chi connectivity index (χ1n) is 6.02. The van der Waals surface area contributed by atoms with Crippen LogP contribution in [0.25, 0.3) is 11.6 Å². The molecule has 2 rings (SSSR count). The molecule has 0 fully saturated rings. The highest BCUT2D eigenvalue weighted by Gasteiger charge is 2.15. The largest absolute Gasteiger partial charge is 0.339 e. The molecule has 0 atom stereocenters. The highest BCUT2D eigenvalue weighted by atomic mass is 32.1. The topological polar surface area (TPSA) is 81.1 Å². The second-order valence-corrected chi connectivity index (χ2v) is 4.68. The van der Waals surface area contributed by atoms with Gasteiger partial charge in [0.05, 0.1) is 5.01 Å². The van der Waals surface area contributed by atoms with Crippen molar-refractivity contribution in [2.24, 2.45) is 5.73 Å². The average Bonchev–Trinajstić information content (AvgIpc) is 3.00. The molecule has 0 aliphatic rings. The van der Waals surface area contributed by atoms with E-state index in [9.17, 15) is 0 Å². The molecule has 0 saturated heterocycles. The molecule has 0 radical (unpaired) electrons. The van der Waals surface area contributed by atoms with Gasteiger partial charge in [0.25, 0.3) is 11.8 Å². The van der Waals surface area contributed by atoms with Crippen LogP contribution < -0.4 is 10.6 Å². The smallest absolute Gasteiger partial charge is 0.278 e. The molecule has 2 N–H and O–H groups in total. The van der Waals surface area contributed by atoms with Gasteiger partial charge in [0.2, 0.25) is 0 Å².